The average Bonchev–Trinajstić information content (AvgIpc) is 2.94. The van der Waals surface area contributed by atoms with Crippen LogP contribution in [0.3, 0.4) is 0 Å². The number of piperidine rings is 1. The zero-order chi connectivity index (χ0) is 11.6. The van der Waals surface area contributed by atoms with Crippen molar-refractivity contribution < 1.29 is 0 Å². The lowest BCUT2D eigenvalue weighted by Crippen LogP contribution is -2.38. The van der Waals surface area contributed by atoms with E-state index < -0.39 is 0 Å². The second-order valence-corrected chi connectivity index (χ2v) is 5.85. The molecule has 4 rings (SSSR count). The summed E-state index contributed by atoms with van der Waals surface area (Å²) < 4.78 is 0. The third-order valence-electron chi connectivity index (χ3n) is 4.52. The maximum atomic E-state index is 6.18. The summed E-state index contributed by atoms with van der Waals surface area (Å²) in [5.41, 5.74) is 3.61. The van der Waals surface area contributed by atoms with Crippen LogP contribution in [0.15, 0.2) is 17.1 Å². The van der Waals surface area contributed by atoms with E-state index in [4.69, 9.17) is 16.6 Å². The van der Waals surface area contributed by atoms with Gasteiger partial charge in [0, 0.05) is 23.5 Å². The smallest absolute Gasteiger partial charge is 0.109 e. The van der Waals surface area contributed by atoms with Crippen molar-refractivity contribution in [3.8, 4) is 0 Å². The number of benzene rings is 1. The summed E-state index contributed by atoms with van der Waals surface area (Å²) in [6.45, 7) is 3.11. The van der Waals surface area contributed by atoms with Gasteiger partial charge in [-0.25, -0.2) is 4.99 Å². The highest BCUT2D eigenvalue weighted by Gasteiger charge is 2.44. The maximum absolute atomic E-state index is 6.18. The molecule has 3 heteroatoms. The Labute approximate surface area is 106 Å². The monoisotopic (exact) mass is 246 g/mol. The molecule has 88 valence electrons. The first-order valence-corrected chi connectivity index (χ1v) is 6.75. The van der Waals surface area contributed by atoms with Crippen LogP contribution in [0.1, 0.15) is 30.4 Å². The van der Waals surface area contributed by atoms with Crippen molar-refractivity contribution in [3.63, 3.8) is 0 Å². The van der Waals surface area contributed by atoms with Gasteiger partial charge in [0.1, 0.15) is 5.84 Å². The molecule has 0 N–H and O–H groups in total. The van der Waals surface area contributed by atoms with Crippen molar-refractivity contribution in [1.29, 1.82) is 0 Å². The quantitative estimate of drug-likeness (QED) is 0.682. The molecular formula is C14H15ClN2. The number of nitrogens with zero attached hydrogens (tertiary/aromatic N) is 2. The fourth-order valence-corrected chi connectivity index (χ4v) is 3.73. The molecule has 17 heavy (non-hydrogen) atoms. The normalized spacial score (nSPS) is 29.1. The zero-order valence-corrected chi connectivity index (χ0v) is 10.7. The van der Waals surface area contributed by atoms with Gasteiger partial charge in [0.05, 0.1) is 5.69 Å². The molecule has 1 saturated carbocycles. The predicted octanol–water partition coefficient (Wildman–Crippen LogP) is 3.68. The molecule has 3 aliphatic rings. The van der Waals surface area contributed by atoms with Crippen molar-refractivity contribution in [1.82, 2.24) is 4.90 Å². The minimum atomic E-state index is 0.714. The van der Waals surface area contributed by atoms with Crippen molar-refractivity contribution in [2.75, 3.05) is 0 Å². The summed E-state index contributed by atoms with van der Waals surface area (Å²) in [6.07, 6.45) is 4.00. The topological polar surface area (TPSA) is 15.6 Å². The molecule has 1 aromatic carbocycles. The Balaban J connectivity index is 1.88. The molecule has 0 radical (unpaired) electrons. The van der Waals surface area contributed by atoms with Crippen LogP contribution >= 0.6 is 11.6 Å². The minimum absolute atomic E-state index is 0.714. The third-order valence-corrected chi connectivity index (χ3v) is 4.93. The largest absolute Gasteiger partial charge is 0.352 e. The summed E-state index contributed by atoms with van der Waals surface area (Å²) in [7, 11) is 0. The fourth-order valence-electron chi connectivity index (χ4n) is 3.58. The van der Waals surface area contributed by atoms with Gasteiger partial charge in [0.25, 0.3) is 0 Å². The lowest BCUT2D eigenvalue weighted by Gasteiger charge is -2.34. The first kappa shape index (κ1) is 9.95. The van der Waals surface area contributed by atoms with Crippen LogP contribution in [-0.2, 0) is 6.54 Å². The van der Waals surface area contributed by atoms with Crippen molar-refractivity contribution >= 4 is 23.1 Å². The molecule has 0 aromatic heterocycles. The molecule has 2 heterocycles. The van der Waals surface area contributed by atoms with E-state index in [2.05, 4.69) is 17.9 Å². The SMILES string of the molecule is Cc1c(Cl)ccc2c1N=C1C3CCC(C3)N1C2. The van der Waals surface area contributed by atoms with E-state index in [1.54, 1.807) is 0 Å². The first-order chi connectivity index (χ1) is 8.24. The number of halogens is 1. The maximum Gasteiger partial charge on any atom is 0.109 e. The third kappa shape index (κ3) is 1.25. The van der Waals surface area contributed by atoms with Crippen LogP contribution in [0.25, 0.3) is 0 Å². The standard InChI is InChI=1S/C14H15ClN2/c1-8-12(15)5-3-10-7-17-11-4-2-9(6-11)14(17)16-13(8)10/h3,5,9,11H,2,4,6-7H2,1H3. The molecule has 2 aliphatic heterocycles. The summed E-state index contributed by atoms with van der Waals surface area (Å²) in [6, 6.07) is 4.89. The molecule has 2 nitrogen and oxygen atoms in total. The van der Waals surface area contributed by atoms with E-state index in [-0.39, 0.29) is 0 Å². The summed E-state index contributed by atoms with van der Waals surface area (Å²) in [5, 5.41) is 0.838. The Bertz CT molecular complexity index is 535. The number of hydrogen-bond donors (Lipinski definition) is 0. The second-order valence-electron chi connectivity index (χ2n) is 5.44. The zero-order valence-electron chi connectivity index (χ0n) is 9.91. The van der Waals surface area contributed by atoms with Gasteiger partial charge in [0.2, 0.25) is 0 Å². The fraction of sp³-hybridized carbons (Fsp3) is 0.500. The molecule has 1 aromatic rings. The van der Waals surface area contributed by atoms with Gasteiger partial charge in [0.15, 0.2) is 0 Å². The van der Waals surface area contributed by atoms with E-state index in [0.717, 1.165) is 28.9 Å². The van der Waals surface area contributed by atoms with Crippen molar-refractivity contribution in [3.05, 3.63) is 28.3 Å². The Hall–Kier alpha value is -1.02. The lowest BCUT2D eigenvalue weighted by molar-refractivity contribution is 0.317. The van der Waals surface area contributed by atoms with Gasteiger partial charge in [-0.3, -0.25) is 0 Å². The Kier molecular flexibility index (Phi) is 1.91. The van der Waals surface area contributed by atoms with Crippen LogP contribution in [0.4, 0.5) is 5.69 Å². The summed E-state index contributed by atoms with van der Waals surface area (Å²) in [5.74, 6) is 2.05. The minimum Gasteiger partial charge on any atom is -0.352 e. The molecule has 1 aliphatic carbocycles. The highest BCUT2D eigenvalue weighted by atomic mass is 35.5. The first-order valence-electron chi connectivity index (χ1n) is 6.37. The number of fused-ring (bicyclic) bond motifs is 6. The highest BCUT2D eigenvalue weighted by molar-refractivity contribution is 6.31. The summed E-state index contributed by atoms with van der Waals surface area (Å²) >= 11 is 6.18. The van der Waals surface area contributed by atoms with Crippen LogP contribution in [0.5, 0.6) is 0 Å². The molecule has 0 spiro atoms. The van der Waals surface area contributed by atoms with E-state index in [0.29, 0.717) is 5.92 Å². The predicted molar refractivity (Wildman–Crippen MR) is 70.0 cm³/mol. The Morgan fingerprint density at radius 2 is 2.24 bits per heavy atom. The van der Waals surface area contributed by atoms with E-state index in [9.17, 15) is 0 Å². The van der Waals surface area contributed by atoms with Gasteiger partial charge in [-0.05, 0) is 43.4 Å². The Morgan fingerprint density at radius 1 is 1.35 bits per heavy atom. The molecule has 2 fully saturated rings. The number of rotatable bonds is 0. The molecule has 0 amide bonds. The second kappa shape index (κ2) is 3.26. The molecule has 2 unspecified atom stereocenters. The molecular weight excluding hydrogens is 232 g/mol. The van der Waals surface area contributed by atoms with Gasteiger partial charge < -0.3 is 4.90 Å². The summed E-state index contributed by atoms with van der Waals surface area (Å²) in [4.78, 5) is 7.43. The van der Waals surface area contributed by atoms with Crippen LogP contribution in [-0.4, -0.2) is 16.8 Å². The number of aliphatic imine (C=N–C) groups is 1. The van der Waals surface area contributed by atoms with Gasteiger partial charge in [-0.15, -0.1) is 0 Å². The van der Waals surface area contributed by atoms with Crippen molar-refractivity contribution in [2.24, 2.45) is 10.9 Å². The van der Waals surface area contributed by atoms with Gasteiger partial charge >= 0.3 is 0 Å². The lowest BCUT2D eigenvalue weighted by atomic mass is 10.0. The van der Waals surface area contributed by atoms with Crippen LogP contribution in [0, 0.1) is 12.8 Å². The van der Waals surface area contributed by atoms with Crippen LogP contribution in [0.2, 0.25) is 5.02 Å². The van der Waals surface area contributed by atoms with Crippen LogP contribution < -0.4 is 0 Å². The van der Waals surface area contributed by atoms with E-state index in [1.165, 1.54) is 30.7 Å². The van der Waals surface area contributed by atoms with Gasteiger partial charge in [-0.2, -0.15) is 0 Å². The number of hydrogen-bond acceptors (Lipinski definition) is 2. The average molecular weight is 247 g/mol. The van der Waals surface area contributed by atoms with Crippen molar-refractivity contribution in [2.45, 2.75) is 38.8 Å². The van der Waals surface area contributed by atoms with E-state index >= 15 is 0 Å². The number of amidine groups is 1. The Morgan fingerprint density at radius 3 is 3.12 bits per heavy atom. The highest BCUT2D eigenvalue weighted by Crippen LogP contribution is 2.45. The van der Waals surface area contributed by atoms with Gasteiger partial charge in [-0.1, -0.05) is 17.7 Å². The molecule has 1 saturated heterocycles. The van der Waals surface area contributed by atoms with E-state index in [1.807, 2.05) is 6.07 Å². The molecule has 2 atom stereocenters. The molecule has 2 bridgehead atoms.